The Labute approximate surface area is 136 Å². The lowest BCUT2D eigenvalue weighted by molar-refractivity contribution is -0.554. The molecule has 0 radical (unpaired) electrons. The number of hydrogen-bond donors (Lipinski definition) is 0. The van der Waals surface area contributed by atoms with Crippen LogP contribution in [-0.4, -0.2) is 16.2 Å². The quantitative estimate of drug-likeness (QED) is 0.604. The van der Waals surface area contributed by atoms with Crippen molar-refractivity contribution in [1.82, 2.24) is 0 Å². The monoisotopic (exact) mass is 361 g/mol. The highest BCUT2D eigenvalue weighted by atomic mass is 79.9. The summed E-state index contributed by atoms with van der Waals surface area (Å²) in [5.41, 5.74) is -0.630. The first kappa shape index (κ1) is 15.2. The van der Waals surface area contributed by atoms with Gasteiger partial charge in [-0.3, -0.25) is 14.9 Å². The number of ketones is 1. The van der Waals surface area contributed by atoms with Gasteiger partial charge in [0.25, 0.3) is 5.54 Å². The lowest BCUT2D eigenvalue weighted by Gasteiger charge is -2.28. The third-order valence-electron chi connectivity index (χ3n) is 4.54. The van der Waals surface area contributed by atoms with Gasteiger partial charge in [-0.1, -0.05) is 36.4 Å². The summed E-state index contributed by atoms with van der Waals surface area (Å²) in [4.78, 5) is 23.6. The number of fused-ring (bicyclic) bond motifs is 1. The number of Topliss-reactive ketones (excluding diaryl/α,β-unsaturated/α-hetero) is 1. The van der Waals surface area contributed by atoms with E-state index >= 15 is 0 Å². The molecule has 2 aromatic carbocycles. The summed E-state index contributed by atoms with van der Waals surface area (Å²) in [5, 5.41) is 13.7. The molecule has 5 heteroatoms. The fourth-order valence-electron chi connectivity index (χ4n) is 3.25. The van der Waals surface area contributed by atoms with Crippen LogP contribution in [0.4, 0.5) is 0 Å². The Hall–Kier alpha value is -1.75. The van der Waals surface area contributed by atoms with Crippen molar-refractivity contribution in [3.8, 4) is 0 Å². The zero-order valence-corrected chi connectivity index (χ0v) is 13.6. The van der Waals surface area contributed by atoms with Crippen molar-refractivity contribution in [3.05, 3.63) is 56.5 Å². The third kappa shape index (κ3) is 2.43. The summed E-state index contributed by atoms with van der Waals surface area (Å²) in [6, 6.07) is 11.7. The van der Waals surface area contributed by atoms with Crippen LogP contribution in [0.2, 0.25) is 0 Å². The molecule has 1 saturated carbocycles. The zero-order valence-electron chi connectivity index (χ0n) is 12.0. The van der Waals surface area contributed by atoms with Crippen molar-refractivity contribution in [2.75, 3.05) is 0 Å². The molecule has 0 bridgehead atoms. The Morgan fingerprint density at radius 2 is 1.95 bits per heavy atom. The molecule has 0 N–H and O–H groups in total. The third-order valence-corrected chi connectivity index (χ3v) is 5.48. The van der Waals surface area contributed by atoms with Crippen molar-refractivity contribution < 1.29 is 9.72 Å². The first-order chi connectivity index (χ1) is 10.5. The SMILES string of the molecule is O=C1CCCCC1(Cc1ccc2ccccc2c1Br)[N+](=O)[O-]. The summed E-state index contributed by atoms with van der Waals surface area (Å²) in [7, 11) is 0. The van der Waals surface area contributed by atoms with Gasteiger partial charge in [-0.25, -0.2) is 0 Å². The number of benzene rings is 2. The lowest BCUT2D eigenvalue weighted by atomic mass is 9.77. The van der Waals surface area contributed by atoms with Gasteiger partial charge in [-0.2, -0.15) is 0 Å². The summed E-state index contributed by atoms with van der Waals surface area (Å²) >= 11 is 3.57. The highest BCUT2D eigenvalue weighted by molar-refractivity contribution is 9.10. The second-order valence-corrected chi connectivity index (χ2v) is 6.65. The number of nitrogens with zero attached hydrogens (tertiary/aromatic N) is 1. The van der Waals surface area contributed by atoms with Crippen LogP contribution in [-0.2, 0) is 11.2 Å². The minimum atomic E-state index is -1.46. The van der Waals surface area contributed by atoms with Gasteiger partial charge in [0.1, 0.15) is 0 Å². The van der Waals surface area contributed by atoms with Crippen LogP contribution in [0, 0.1) is 10.1 Å². The van der Waals surface area contributed by atoms with E-state index in [1.54, 1.807) is 0 Å². The number of carbonyl (C=O) groups is 1. The van der Waals surface area contributed by atoms with Crippen LogP contribution >= 0.6 is 15.9 Å². The number of halogens is 1. The van der Waals surface area contributed by atoms with E-state index in [0.717, 1.165) is 33.7 Å². The molecular weight excluding hydrogens is 346 g/mol. The minimum Gasteiger partial charge on any atom is -0.292 e. The van der Waals surface area contributed by atoms with Crippen LogP contribution in [0.1, 0.15) is 31.2 Å². The van der Waals surface area contributed by atoms with Crippen LogP contribution in [0.5, 0.6) is 0 Å². The maximum atomic E-state index is 12.3. The fraction of sp³-hybridized carbons (Fsp3) is 0.353. The van der Waals surface area contributed by atoms with Gasteiger partial charge in [0.15, 0.2) is 0 Å². The van der Waals surface area contributed by atoms with Crippen molar-refractivity contribution in [2.24, 2.45) is 0 Å². The first-order valence-electron chi connectivity index (χ1n) is 7.38. The molecule has 0 amide bonds. The van der Waals surface area contributed by atoms with Gasteiger partial charge >= 0.3 is 0 Å². The average molecular weight is 362 g/mol. The number of nitro groups is 1. The second-order valence-electron chi connectivity index (χ2n) is 5.86. The molecule has 2 aromatic rings. The average Bonchev–Trinajstić information content (AvgIpc) is 2.52. The summed E-state index contributed by atoms with van der Waals surface area (Å²) in [5.74, 6) is -0.233. The van der Waals surface area contributed by atoms with E-state index < -0.39 is 5.54 Å². The normalized spacial score (nSPS) is 22.0. The van der Waals surface area contributed by atoms with E-state index in [1.807, 2.05) is 36.4 Å². The van der Waals surface area contributed by atoms with Crippen LogP contribution in [0.25, 0.3) is 10.8 Å². The summed E-state index contributed by atoms with van der Waals surface area (Å²) in [6.45, 7) is 0. The molecule has 0 aliphatic heterocycles. The maximum absolute atomic E-state index is 12.3. The van der Waals surface area contributed by atoms with E-state index in [2.05, 4.69) is 15.9 Å². The van der Waals surface area contributed by atoms with Gasteiger partial charge in [0.05, 0.1) is 6.42 Å². The van der Waals surface area contributed by atoms with E-state index in [9.17, 15) is 14.9 Å². The molecule has 4 nitrogen and oxygen atoms in total. The topological polar surface area (TPSA) is 60.2 Å². The number of hydrogen-bond acceptors (Lipinski definition) is 3. The van der Waals surface area contributed by atoms with E-state index in [4.69, 9.17) is 0 Å². The van der Waals surface area contributed by atoms with Crippen LogP contribution in [0.15, 0.2) is 40.9 Å². The van der Waals surface area contributed by atoms with Crippen molar-refractivity contribution in [1.29, 1.82) is 0 Å². The number of rotatable bonds is 3. The summed E-state index contributed by atoms with van der Waals surface area (Å²) < 4.78 is 0.852. The lowest BCUT2D eigenvalue weighted by Crippen LogP contribution is -2.50. The molecule has 1 unspecified atom stereocenters. The van der Waals surface area contributed by atoms with E-state index in [0.29, 0.717) is 12.8 Å². The molecule has 1 aliphatic carbocycles. The molecule has 0 saturated heterocycles. The highest BCUT2D eigenvalue weighted by Crippen LogP contribution is 2.35. The Morgan fingerprint density at radius 1 is 1.18 bits per heavy atom. The van der Waals surface area contributed by atoms with Crippen molar-refractivity contribution >= 4 is 32.5 Å². The molecule has 0 aromatic heterocycles. The molecule has 0 heterocycles. The Bertz CT molecular complexity index is 759. The second kappa shape index (κ2) is 5.80. The highest BCUT2D eigenvalue weighted by Gasteiger charge is 2.51. The van der Waals surface area contributed by atoms with Crippen LogP contribution in [0.3, 0.4) is 0 Å². The van der Waals surface area contributed by atoms with E-state index in [-0.39, 0.29) is 17.1 Å². The molecule has 0 spiro atoms. The van der Waals surface area contributed by atoms with Crippen molar-refractivity contribution in [2.45, 2.75) is 37.6 Å². The molecule has 114 valence electrons. The van der Waals surface area contributed by atoms with Gasteiger partial charge < -0.3 is 0 Å². The number of carbonyl (C=O) groups excluding carboxylic acids is 1. The Balaban J connectivity index is 2.05. The molecule has 3 rings (SSSR count). The molecule has 1 atom stereocenters. The van der Waals surface area contributed by atoms with Gasteiger partial charge in [-0.05, 0) is 45.1 Å². The minimum absolute atomic E-state index is 0.157. The van der Waals surface area contributed by atoms with Crippen molar-refractivity contribution in [3.63, 3.8) is 0 Å². The Morgan fingerprint density at radius 3 is 2.68 bits per heavy atom. The predicted molar refractivity (Wildman–Crippen MR) is 88.6 cm³/mol. The first-order valence-corrected chi connectivity index (χ1v) is 8.18. The molecule has 1 fully saturated rings. The summed E-state index contributed by atoms with van der Waals surface area (Å²) in [6.07, 6.45) is 2.29. The smallest absolute Gasteiger partial charge is 0.283 e. The molecule has 22 heavy (non-hydrogen) atoms. The largest absolute Gasteiger partial charge is 0.292 e. The Kier molecular flexibility index (Phi) is 4.00. The van der Waals surface area contributed by atoms with Gasteiger partial charge in [-0.15, -0.1) is 0 Å². The zero-order chi connectivity index (χ0) is 15.7. The standard InChI is InChI=1S/C17H16BrNO3/c18-16-13(9-8-12-5-1-2-6-14(12)16)11-17(19(21)22)10-4-3-7-15(17)20/h1-2,5-6,8-9H,3-4,7,10-11H2. The van der Waals surface area contributed by atoms with Gasteiger partial charge in [0, 0.05) is 22.2 Å². The van der Waals surface area contributed by atoms with E-state index in [1.165, 1.54) is 0 Å². The fourth-order valence-corrected chi connectivity index (χ4v) is 3.88. The van der Waals surface area contributed by atoms with Crippen LogP contribution < -0.4 is 0 Å². The molecule has 1 aliphatic rings. The molecular formula is C17H16BrNO3. The van der Waals surface area contributed by atoms with Gasteiger partial charge in [0.2, 0.25) is 5.78 Å². The maximum Gasteiger partial charge on any atom is 0.283 e. The predicted octanol–water partition coefficient (Wildman–Crippen LogP) is 4.30.